The summed E-state index contributed by atoms with van der Waals surface area (Å²) in [6, 6.07) is -0.169. The van der Waals surface area contributed by atoms with Crippen LogP contribution in [0.25, 0.3) is 0 Å². The standard InChI is InChI=1S/C10H15N7O/c1-5(7-4-12-17(3)6(7)2)13-9(18)8-14-10(11)16-15-8/h4-5H,1-3H3,(H,13,18)(H3,11,14,15,16). The molecule has 2 heterocycles. The Kier molecular flexibility index (Phi) is 3.00. The van der Waals surface area contributed by atoms with Gasteiger partial charge in [-0.25, -0.2) is 0 Å². The molecule has 0 spiro atoms. The fraction of sp³-hybridized carbons (Fsp3) is 0.400. The third-order valence-corrected chi connectivity index (χ3v) is 2.81. The molecular formula is C10H15N7O. The van der Waals surface area contributed by atoms with Gasteiger partial charge in [-0.05, 0) is 13.8 Å². The first kappa shape index (κ1) is 12.1. The summed E-state index contributed by atoms with van der Waals surface area (Å²) < 4.78 is 1.75. The van der Waals surface area contributed by atoms with Gasteiger partial charge < -0.3 is 11.1 Å². The third kappa shape index (κ3) is 2.17. The fourth-order valence-corrected chi connectivity index (χ4v) is 1.66. The van der Waals surface area contributed by atoms with Crippen molar-refractivity contribution in [1.82, 2.24) is 30.3 Å². The highest BCUT2D eigenvalue weighted by Crippen LogP contribution is 2.16. The average Bonchev–Trinajstić information content (AvgIpc) is 2.87. The van der Waals surface area contributed by atoms with Crippen LogP contribution in [-0.2, 0) is 7.05 Å². The van der Waals surface area contributed by atoms with Crippen molar-refractivity contribution in [3.63, 3.8) is 0 Å². The van der Waals surface area contributed by atoms with Gasteiger partial charge in [0.2, 0.25) is 11.8 Å². The van der Waals surface area contributed by atoms with Crippen LogP contribution in [-0.4, -0.2) is 30.9 Å². The maximum atomic E-state index is 11.8. The zero-order valence-corrected chi connectivity index (χ0v) is 10.4. The Labute approximate surface area is 104 Å². The maximum absolute atomic E-state index is 11.8. The molecule has 2 rings (SSSR count). The number of carbonyl (C=O) groups is 1. The normalized spacial score (nSPS) is 12.4. The summed E-state index contributed by atoms with van der Waals surface area (Å²) in [5.41, 5.74) is 7.30. The van der Waals surface area contributed by atoms with Gasteiger partial charge in [-0.3, -0.25) is 14.6 Å². The molecule has 0 saturated carbocycles. The van der Waals surface area contributed by atoms with E-state index >= 15 is 0 Å². The summed E-state index contributed by atoms with van der Waals surface area (Å²) in [7, 11) is 1.85. The molecule has 0 fully saturated rings. The Morgan fingerprint density at radius 2 is 2.33 bits per heavy atom. The minimum absolute atomic E-state index is 0.0466. The number of anilines is 1. The monoisotopic (exact) mass is 249 g/mol. The van der Waals surface area contributed by atoms with Crippen LogP contribution in [0, 0.1) is 6.92 Å². The summed E-state index contributed by atoms with van der Waals surface area (Å²) in [5.74, 6) is -0.207. The van der Waals surface area contributed by atoms with E-state index in [9.17, 15) is 4.79 Å². The molecular weight excluding hydrogens is 234 g/mol. The average molecular weight is 249 g/mol. The number of hydrogen-bond donors (Lipinski definition) is 3. The highest BCUT2D eigenvalue weighted by atomic mass is 16.2. The summed E-state index contributed by atoms with van der Waals surface area (Å²) >= 11 is 0. The second-order valence-corrected chi connectivity index (χ2v) is 4.05. The molecule has 0 aromatic carbocycles. The van der Waals surface area contributed by atoms with Crippen LogP contribution in [0.5, 0.6) is 0 Å². The number of nitrogens with two attached hydrogens (primary N) is 1. The zero-order valence-electron chi connectivity index (χ0n) is 10.4. The van der Waals surface area contributed by atoms with E-state index in [4.69, 9.17) is 5.73 Å². The van der Waals surface area contributed by atoms with E-state index in [1.54, 1.807) is 10.9 Å². The van der Waals surface area contributed by atoms with Gasteiger partial charge in [-0.2, -0.15) is 10.1 Å². The number of aryl methyl sites for hydroxylation is 1. The lowest BCUT2D eigenvalue weighted by Crippen LogP contribution is -2.28. The first-order chi connectivity index (χ1) is 8.49. The predicted molar refractivity (Wildman–Crippen MR) is 64.6 cm³/mol. The Morgan fingerprint density at radius 1 is 1.61 bits per heavy atom. The first-order valence-electron chi connectivity index (χ1n) is 5.46. The predicted octanol–water partition coefficient (Wildman–Crippen LogP) is -0.0802. The summed E-state index contributed by atoms with van der Waals surface area (Å²) in [5, 5.41) is 13.0. The van der Waals surface area contributed by atoms with E-state index in [0.29, 0.717) is 0 Å². The van der Waals surface area contributed by atoms with E-state index in [0.717, 1.165) is 11.3 Å². The highest BCUT2D eigenvalue weighted by molar-refractivity contribution is 5.90. The van der Waals surface area contributed by atoms with Crippen molar-refractivity contribution in [2.75, 3.05) is 5.73 Å². The van der Waals surface area contributed by atoms with Gasteiger partial charge in [0.1, 0.15) is 0 Å². The van der Waals surface area contributed by atoms with Crippen LogP contribution in [0.2, 0.25) is 0 Å². The number of nitrogens with one attached hydrogen (secondary N) is 2. The SMILES string of the molecule is Cc1c(C(C)NC(=O)c2nc(N)n[nH]2)cnn1C. The van der Waals surface area contributed by atoms with Gasteiger partial charge in [-0.15, -0.1) is 5.10 Å². The molecule has 2 aromatic heterocycles. The van der Waals surface area contributed by atoms with Crippen LogP contribution < -0.4 is 11.1 Å². The number of nitrogens with zero attached hydrogens (tertiary/aromatic N) is 4. The van der Waals surface area contributed by atoms with Crippen molar-refractivity contribution in [1.29, 1.82) is 0 Å². The summed E-state index contributed by atoms with van der Waals surface area (Å²) in [4.78, 5) is 15.6. The number of aromatic nitrogens is 5. The number of amides is 1. The van der Waals surface area contributed by atoms with Crippen molar-refractivity contribution in [2.24, 2.45) is 7.05 Å². The van der Waals surface area contributed by atoms with Crippen LogP contribution in [0.3, 0.4) is 0 Å². The Bertz CT molecular complexity index is 571. The Morgan fingerprint density at radius 3 is 2.83 bits per heavy atom. The van der Waals surface area contributed by atoms with Crippen LogP contribution >= 0.6 is 0 Å². The Hall–Kier alpha value is -2.38. The molecule has 0 radical (unpaired) electrons. The molecule has 2 aromatic rings. The summed E-state index contributed by atoms with van der Waals surface area (Å²) in [6.07, 6.45) is 1.73. The van der Waals surface area contributed by atoms with Crippen LogP contribution in [0.15, 0.2) is 6.20 Å². The molecule has 18 heavy (non-hydrogen) atoms. The zero-order chi connectivity index (χ0) is 13.3. The molecule has 8 heteroatoms. The minimum Gasteiger partial charge on any atom is -0.366 e. The minimum atomic E-state index is -0.352. The lowest BCUT2D eigenvalue weighted by Gasteiger charge is -2.12. The second-order valence-electron chi connectivity index (χ2n) is 4.05. The number of rotatable bonds is 3. The molecule has 0 saturated heterocycles. The van der Waals surface area contributed by atoms with Gasteiger partial charge in [0.05, 0.1) is 12.2 Å². The summed E-state index contributed by atoms with van der Waals surface area (Å²) in [6.45, 7) is 3.82. The van der Waals surface area contributed by atoms with Crippen molar-refractivity contribution in [3.8, 4) is 0 Å². The highest BCUT2D eigenvalue weighted by Gasteiger charge is 2.17. The fourth-order valence-electron chi connectivity index (χ4n) is 1.66. The molecule has 8 nitrogen and oxygen atoms in total. The number of nitrogen functional groups attached to an aromatic ring is 1. The van der Waals surface area contributed by atoms with Crippen molar-refractivity contribution < 1.29 is 4.79 Å². The molecule has 4 N–H and O–H groups in total. The van der Waals surface area contributed by atoms with Crippen molar-refractivity contribution in [2.45, 2.75) is 19.9 Å². The molecule has 0 aliphatic carbocycles. The largest absolute Gasteiger partial charge is 0.366 e. The number of H-pyrrole nitrogens is 1. The van der Waals surface area contributed by atoms with E-state index in [-0.39, 0.29) is 23.7 Å². The smallest absolute Gasteiger partial charge is 0.289 e. The molecule has 1 amide bonds. The molecule has 0 bridgehead atoms. The van der Waals surface area contributed by atoms with Gasteiger partial charge in [0.25, 0.3) is 5.91 Å². The van der Waals surface area contributed by atoms with Crippen LogP contribution in [0.4, 0.5) is 5.95 Å². The van der Waals surface area contributed by atoms with Gasteiger partial charge in [0, 0.05) is 18.3 Å². The molecule has 0 aliphatic heterocycles. The first-order valence-corrected chi connectivity index (χ1v) is 5.46. The number of carbonyl (C=O) groups excluding carboxylic acids is 1. The van der Waals surface area contributed by atoms with Gasteiger partial charge in [0.15, 0.2) is 0 Å². The maximum Gasteiger partial charge on any atom is 0.289 e. The van der Waals surface area contributed by atoms with Crippen molar-refractivity contribution >= 4 is 11.9 Å². The second kappa shape index (κ2) is 4.47. The van der Waals surface area contributed by atoms with E-state index < -0.39 is 0 Å². The lowest BCUT2D eigenvalue weighted by molar-refractivity contribution is 0.0930. The molecule has 0 aliphatic rings. The topological polar surface area (TPSA) is 115 Å². The third-order valence-electron chi connectivity index (χ3n) is 2.81. The number of aromatic amines is 1. The molecule has 96 valence electrons. The van der Waals surface area contributed by atoms with Gasteiger partial charge in [-0.1, -0.05) is 0 Å². The van der Waals surface area contributed by atoms with Crippen molar-refractivity contribution in [3.05, 3.63) is 23.3 Å². The lowest BCUT2D eigenvalue weighted by atomic mass is 10.1. The van der Waals surface area contributed by atoms with E-state index in [2.05, 4.69) is 25.6 Å². The van der Waals surface area contributed by atoms with Gasteiger partial charge >= 0.3 is 0 Å². The molecule has 1 unspecified atom stereocenters. The number of hydrogen-bond acceptors (Lipinski definition) is 5. The van der Waals surface area contributed by atoms with E-state index in [1.165, 1.54) is 0 Å². The van der Waals surface area contributed by atoms with Crippen LogP contribution in [0.1, 0.15) is 34.8 Å². The Balaban J connectivity index is 2.10. The molecule has 1 atom stereocenters. The quantitative estimate of drug-likeness (QED) is 0.703. The van der Waals surface area contributed by atoms with E-state index in [1.807, 2.05) is 20.9 Å².